The van der Waals surface area contributed by atoms with Gasteiger partial charge in [-0.25, -0.2) is 0 Å². The smallest absolute Gasteiger partial charge is 0.253 e. The number of aromatic nitrogens is 2. The van der Waals surface area contributed by atoms with Gasteiger partial charge in [0.15, 0.2) is 0 Å². The maximum absolute atomic E-state index is 2.68. The zero-order valence-corrected chi connectivity index (χ0v) is 51.1. The van der Waals surface area contributed by atoms with E-state index in [2.05, 4.69) is 299 Å². The molecule has 0 atom stereocenters. The van der Waals surface area contributed by atoms with Gasteiger partial charge in [-0.05, 0) is 216 Å². The van der Waals surface area contributed by atoms with Gasteiger partial charge >= 0.3 is 0 Å². The van der Waals surface area contributed by atoms with E-state index in [0.717, 1.165) is 0 Å². The van der Waals surface area contributed by atoms with Crippen LogP contribution in [-0.2, 0) is 16.2 Å². The predicted molar refractivity (Wildman–Crippen MR) is 381 cm³/mol. The van der Waals surface area contributed by atoms with E-state index in [1.807, 2.05) is 0 Å². The van der Waals surface area contributed by atoms with E-state index in [0.29, 0.717) is 0 Å². The summed E-state index contributed by atoms with van der Waals surface area (Å²) in [5.74, 6) is 0. The van der Waals surface area contributed by atoms with Crippen LogP contribution in [0.4, 0.5) is 0 Å². The van der Waals surface area contributed by atoms with Gasteiger partial charge in [-0.1, -0.05) is 224 Å². The number of fused-ring (bicyclic) bond motifs is 26. The fraction of sp³-hybridized carbons (Fsp3) is 0.103. The van der Waals surface area contributed by atoms with E-state index in [1.165, 1.54) is 204 Å². The van der Waals surface area contributed by atoms with E-state index in [9.17, 15) is 0 Å². The second-order valence-electron chi connectivity index (χ2n) is 28.2. The lowest BCUT2D eigenvalue weighted by Crippen LogP contribution is -2.59. The molecule has 4 heterocycles. The second kappa shape index (κ2) is 16.6. The number of hydrogen-bond donors (Lipinski definition) is 0. The molecule has 2 nitrogen and oxygen atoms in total. The maximum atomic E-state index is 2.68. The van der Waals surface area contributed by atoms with Crippen LogP contribution in [0.15, 0.2) is 249 Å². The SMILES string of the molecule is CC1(C)c2ccccc2-c2ccc(-c3ccc4c(c3)c3cc(-c5ccc6c(c5)C(C)(C)c5ccccc5-6)cc5c3n4-c3cccc4c3B5c3c5c6ccccc6c6ccccc6c5cc5c6cc(-c7ccc8c(c7)C(C)(C)c7ccccc7-8)ccc6n-4c35)cc21. The maximum Gasteiger partial charge on any atom is 0.253 e. The number of hydrogen-bond acceptors (Lipinski definition) is 0. The van der Waals surface area contributed by atoms with Gasteiger partial charge in [0.2, 0.25) is 0 Å². The fourth-order valence-corrected chi connectivity index (χ4v) is 18.6. The average Bonchev–Trinajstić information content (AvgIpc) is 1.35. The first kappa shape index (κ1) is 49.5. The molecular weight excluding hydrogens is 1080 g/mol. The highest BCUT2D eigenvalue weighted by atomic mass is 15.0. The van der Waals surface area contributed by atoms with Gasteiger partial charge in [0.25, 0.3) is 6.71 Å². The first-order chi connectivity index (χ1) is 43.9. The average molecular weight is 1140 g/mol. The Morgan fingerprint density at radius 3 is 1.14 bits per heavy atom. The van der Waals surface area contributed by atoms with Crippen LogP contribution < -0.4 is 16.4 Å². The van der Waals surface area contributed by atoms with Gasteiger partial charge in [-0.15, -0.1) is 0 Å². The van der Waals surface area contributed by atoms with Gasteiger partial charge in [0, 0.05) is 54.7 Å². The summed E-state index contributed by atoms with van der Waals surface area (Å²) in [4.78, 5) is 0. The minimum atomic E-state index is -0.150. The monoisotopic (exact) mass is 1140 g/mol. The summed E-state index contributed by atoms with van der Waals surface area (Å²) >= 11 is 0. The quantitative estimate of drug-likeness (QED) is 0.123. The van der Waals surface area contributed by atoms with Crippen LogP contribution in [0.2, 0.25) is 0 Å². The minimum Gasteiger partial charge on any atom is -0.310 e. The van der Waals surface area contributed by atoms with Crippen LogP contribution in [-0.4, -0.2) is 15.8 Å². The molecule has 0 bridgehead atoms. The Balaban J connectivity index is 0.871. The van der Waals surface area contributed by atoms with E-state index < -0.39 is 0 Å². The lowest BCUT2D eigenvalue weighted by atomic mass is 9.33. The molecule has 16 aromatic rings. The third-order valence-electron chi connectivity index (χ3n) is 22.9. The Hall–Kier alpha value is -10.5. The second-order valence-corrected chi connectivity index (χ2v) is 28.2. The zero-order chi connectivity index (χ0) is 59.6. The molecule has 0 unspecified atom stereocenters. The van der Waals surface area contributed by atoms with Crippen molar-refractivity contribution in [3.63, 3.8) is 0 Å². The Morgan fingerprint density at radius 1 is 0.256 bits per heavy atom. The van der Waals surface area contributed by atoms with Crippen LogP contribution >= 0.6 is 0 Å². The molecule has 0 radical (unpaired) electrons. The van der Waals surface area contributed by atoms with Crippen molar-refractivity contribution in [2.75, 3.05) is 0 Å². The van der Waals surface area contributed by atoms with Crippen molar-refractivity contribution in [1.82, 2.24) is 9.13 Å². The molecule has 0 saturated carbocycles. The highest BCUT2D eigenvalue weighted by Gasteiger charge is 2.44. The van der Waals surface area contributed by atoms with Crippen LogP contribution in [0, 0.1) is 0 Å². The van der Waals surface area contributed by atoms with Crippen LogP contribution in [0.3, 0.4) is 0 Å². The molecule has 90 heavy (non-hydrogen) atoms. The van der Waals surface area contributed by atoms with Gasteiger partial charge < -0.3 is 9.13 Å². The molecule has 0 fully saturated rings. The van der Waals surface area contributed by atoms with Crippen LogP contribution in [0.5, 0.6) is 0 Å². The lowest BCUT2D eigenvalue weighted by Gasteiger charge is -2.35. The normalized spacial score (nSPS) is 15.2. The molecule has 0 N–H and O–H groups in total. The lowest BCUT2D eigenvalue weighted by molar-refractivity contribution is 0.660. The summed E-state index contributed by atoms with van der Waals surface area (Å²) in [5, 5.41) is 12.9. The van der Waals surface area contributed by atoms with Gasteiger partial charge in [-0.2, -0.15) is 0 Å². The predicted octanol–water partition coefficient (Wildman–Crippen LogP) is 20.4. The summed E-state index contributed by atoms with van der Waals surface area (Å²) in [5.41, 5.74) is 35.2. The highest BCUT2D eigenvalue weighted by Crippen LogP contribution is 2.54. The number of rotatable bonds is 3. The highest BCUT2D eigenvalue weighted by molar-refractivity contribution is 7.02. The summed E-state index contributed by atoms with van der Waals surface area (Å²) in [7, 11) is 0. The van der Waals surface area contributed by atoms with Crippen LogP contribution in [0.1, 0.15) is 74.9 Å². The molecule has 0 saturated heterocycles. The molecule has 5 aliphatic rings. The molecule has 3 aliphatic carbocycles. The standard InChI is InChI=1S/C87H59BN2/c1-85(2)69-25-14-11-21-57(69)60-35-30-50(43-72(60)85)48-33-38-76-64(40-48)67-42-53(52-32-37-62-59-23-13-16-27-71(59)87(5,6)74(62)45-52)46-75-83(67)89(76)78-28-17-29-79-81(78)88(75)82-80-63-24-10-9-19-55(63)54-18-7-8-20-56(54)66(80)47-68-65-41-49(34-39-77(65)90(79)84(68)82)51-31-36-61-58-22-12-15-26-70(58)86(3,4)73(61)44-51/h7-47H,1-6H3. The molecule has 2 aromatic heterocycles. The Bertz CT molecular complexity index is 6070. The van der Waals surface area contributed by atoms with Gasteiger partial charge in [0.05, 0.1) is 16.6 Å². The Labute approximate surface area is 523 Å². The zero-order valence-electron chi connectivity index (χ0n) is 51.1. The van der Waals surface area contributed by atoms with E-state index >= 15 is 0 Å². The molecule has 2 aliphatic heterocycles. The summed E-state index contributed by atoms with van der Waals surface area (Å²) in [6.45, 7) is 14.3. The fourth-order valence-electron chi connectivity index (χ4n) is 18.6. The molecule has 0 amide bonds. The van der Waals surface area contributed by atoms with Crippen molar-refractivity contribution in [2.24, 2.45) is 0 Å². The van der Waals surface area contributed by atoms with E-state index in [-0.39, 0.29) is 23.0 Å². The molecule has 0 spiro atoms. The first-order valence-corrected chi connectivity index (χ1v) is 32.3. The topological polar surface area (TPSA) is 9.86 Å². The molecular formula is C87H59BN2. The van der Waals surface area contributed by atoms with E-state index in [4.69, 9.17) is 0 Å². The van der Waals surface area contributed by atoms with Crippen molar-refractivity contribution < 1.29 is 0 Å². The largest absolute Gasteiger partial charge is 0.310 e. The summed E-state index contributed by atoms with van der Waals surface area (Å²) in [6.07, 6.45) is 0. The Morgan fingerprint density at radius 2 is 0.633 bits per heavy atom. The first-order valence-electron chi connectivity index (χ1n) is 32.3. The Kier molecular flexibility index (Phi) is 9.14. The third kappa shape index (κ3) is 5.98. The van der Waals surface area contributed by atoms with Crippen molar-refractivity contribution in [1.29, 1.82) is 0 Å². The molecule has 14 aromatic carbocycles. The minimum absolute atomic E-state index is 0.105. The van der Waals surface area contributed by atoms with Crippen molar-refractivity contribution in [3.05, 3.63) is 282 Å². The van der Waals surface area contributed by atoms with Crippen molar-refractivity contribution in [2.45, 2.75) is 57.8 Å². The third-order valence-corrected chi connectivity index (χ3v) is 22.9. The van der Waals surface area contributed by atoms with Crippen molar-refractivity contribution in [3.8, 4) is 78.1 Å². The van der Waals surface area contributed by atoms with Crippen LogP contribution in [0.25, 0.3) is 154 Å². The van der Waals surface area contributed by atoms with Gasteiger partial charge in [0.1, 0.15) is 0 Å². The number of benzene rings is 14. The van der Waals surface area contributed by atoms with E-state index in [1.54, 1.807) is 0 Å². The summed E-state index contributed by atoms with van der Waals surface area (Å²) in [6, 6.07) is 97.0. The molecule has 420 valence electrons. The van der Waals surface area contributed by atoms with Gasteiger partial charge in [-0.3, -0.25) is 0 Å². The number of nitrogens with zero attached hydrogens (tertiary/aromatic N) is 2. The van der Waals surface area contributed by atoms with Crippen molar-refractivity contribution >= 4 is 99.0 Å². The molecule has 3 heteroatoms. The summed E-state index contributed by atoms with van der Waals surface area (Å²) < 4.78 is 5.33. The molecule has 21 rings (SSSR count).